The molecule has 0 saturated heterocycles. The molecule has 1 heterocycles. The van der Waals surface area contributed by atoms with Gasteiger partial charge in [0.2, 0.25) is 0 Å². The second-order valence-electron chi connectivity index (χ2n) is 3.26. The summed E-state index contributed by atoms with van der Waals surface area (Å²) in [6.07, 6.45) is 4.04. The van der Waals surface area contributed by atoms with Crippen LogP contribution in [0, 0.1) is 0 Å². The predicted octanol–water partition coefficient (Wildman–Crippen LogP) is 0.962. The standard InChI is InChI=1S/C4H7O2P.2C2H4O2.Al/c5-7(6)3-1-2-4-7;2*1-2(3)4;/h1-2H,3-4H2,(H,5,6);2*1H3,(H,3,4);/q;;;+3/p-3. The highest BCUT2D eigenvalue weighted by molar-refractivity contribution is 7.60. The van der Waals surface area contributed by atoms with Crippen LogP contribution in [0.2, 0.25) is 0 Å². The fourth-order valence-electron chi connectivity index (χ4n) is 1.13. The van der Waals surface area contributed by atoms with Gasteiger partial charge in [-0.15, -0.1) is 0 Å². The van der Waals surface area contributed by atoms with Crippen molar-refractivity contribution < 1.29 is 25.3 Å². The van der Waals surface area contributed by atoms with Crippen molar-refractivity contribution in [2.75, 3.05) is 12.3 Å². The monoisotopic (exact) mass is 262 g/mol. The third-order valence-electron chi connectivity index (χ3n) is 1.74. The van der Waals surface area contributed by atoms with E-state index in [1.54, 1.807) is 12.2 Å². The third-order valence-corrected chi connectivity index (χ3v) is 6.54. The van der Waals surface area contributed by atoms with Crippen LogP contribution in [0.1, 0.15) is 13.8 Å². The Labute approximate surface area is 98.4 Å². The van der Waals surface area contributed by atoms with Gasteiger partial charge < -0.3 is 11.2 Å². The van der Waals surface area contributed by atoms with Crippen LogP contribution in [0.4, 0.5) is 0 Å². The van der Waals surface area contributed by atoms with E-state index in [-0.39, 0.29) is 0 Å². The molecule has 0 bridgehead atoms. The molecule has 0 aromatic rings. The number of allylic oxidation sites excluding steroid dienone is 2. The molecule has 1 aliphatic heterocycles. The highest BCUT2D eigenvalue weighted by atomic mass is 31.2. The quantitative estimate of drug-likeness (QED) is 0.426. The molecule has 0 aliphatic carbocycles. The van der Waals surface area contributed by atoms with Crippen molar-refractivity contribution in [3.8, 4) is 0 Å². The molecule has 1 rings (SSSR count). The second kappa shape index (κ2) is 5.65. The lowest BCUT2D eigenvalue weighted by atomic mass is 10.6. The van der Waals surface area contributed by atoms with E-state index in [0.29, 0.717) is 12.3 Å². The van der Waals surface area contributed by atoms with Gasteiger partial charge in [-0.1, -0.05) is 12.2 Å². The average molecular weight is 262 g/mol. The number of carbonyl (C=O) groups is 2. The highest BCUT2D eigenvalue weighted by Crippen LogP contribution is 2.50. The van der Waals surface area contributed by atoms with E-state index >= 15 is 0 Å². The minimum Gasteiger partial charge on any atom is -0.562 e. The van der Waals surface area contributed by atoms with Crippen LogP contribution in [0.15, 0.2) is 12.2 Å². The summed E-state index contributed by atoms with van der Waals surface area (Å²) in [7, 11) is -2.84. The zero-order valence-corrected chi connectivity index (χ0v) is 11.1. The summed E-state index contributed by atoms with van der Waals surface area (Å²) in [6.45, 7) is 2.35. The van der Waals surface area contributed by atoms with Gasteiger partial charge in [0.05, 0.1) is 0 Å². The summed E-state index contributed by atoms with van der Waals surface area (Å²) >= 11 is -2.97. The Hall–Kier alpha value is -0.598. The summed E-state index contributed by atoms with van der Waals surface area (Å²) in [5, 5.41) is 0. The molecule has 0 amide bonds. The lowest BCUT2D eigenvalue weighted by Crippen LogP contribution is -2.30. The maximum Gasteiger partial charge on any atom is 1.11 e. The first-order valence-electron chi connectivity index (χ1n) is 4.67. The molecule has 0 spiro atoms. The average Bonchev–Trinajstić information content (AvgIpc) is 2.48. The van der Waals surface area contributed by atoms with Crippen molar-refractivity contribution in [3.63, 3.8) is 0 Å². The van der Waals surface area contributed by atoms with E-state index in [2.05, 4.69) is 0 Å². The highest BCUT2D eigenvalue weighted by Gasteiger charge is 2.48. The van der Waals surface area contributed by atoms with Gasteiger partial charge in [0.15, 0.2) is 7.37 Å². The zero-order valence-electron chi connectivity index (χ0n) is 9.04. The lowest BCUT2D eigenvalue weighted by Gasteiger charge is -2.16. The topological polar surface area (TPSA) is 78.9 Å². The van der Waals surface area contributed by atoms with Gasteiger partial charge in [-0.25, -0.2) is 0 Å². The van der Waals surface area contributed by atoms with Crippen molar-refractivity contribution in [1.29, 1.82) is 0 Å². The van der Waals surface area contributed by atoms with Crippen molar-refractivity contribution in [1.82, 2.24) is 0 Å². The minimum absolute atomic E-state index is 0.291. The molecule has 0 fully saturated rings. The lowest BCUT2D eigenvalue weighted by molar-refractivity contribution is -0.139. The van der Waals surface area contributed by atoms with E-state index in [4.69, 9.17) is 11.2 Å². The molecule has 0 aromatic carbocycles. The van der Waals surface area contributed by atoms with Crippen molar-refractivity contribution >= 4 is 34.5 Å². The summed E-state index contributed by atoms with van der Waals surface area (Å²) in [4.78, 5) is 21.5. The molecule has 0 radical (unpaired) electrons. The molecular weight excluding hydrogens is 250 g/mol. The van der Waals surface area contributed by atoms with Crippen molar-refractivity contribution in [2.45, 2.75) is 13.8 Å². The Bertz CT molecular complexity index is 338. The van der Waals surface area contributed by atoms with E-state index in [9.17, 15) is 14.2 Å². The molecular formula is C8H12AlO6P. The molecule has 1 aliphatic rings. The second-order valence-corrected chi connectivity index (χ2v) is 7.52. The maximum atomic E-state index is 12.0. The van der Waals surface area contributed by atoms with Crippen LogP contribution in [-0.2, 0) is 25.3 Å². The third kappa shape index (κ3) is 4.50. The molecule has 16 heavy (non-hydrogen) atoms. The molecule has 88 valence electrons. The van der Waals surface area contributed by atoms with Gasteiger partial charge in [-0.05, 0) is 0 Å². The summed E-state index contributed by atoms with van der Waals surface area (Å²) in [6, 6.07) is 0. The van der Waals surface area contributed by atoms with Gasteiger partial charge in [-0.3, -0.25) is 14.2 Å². The Morgan fingerprint density at radius 2 is 1.56 bits per heavy atom. The molecule has 0 atom stereocenters. The van der Waals surface area contributed by atoms with Gasteiger partial charge in [0.25, 0.3) is 11.9 Å². The summed E-state index contributed by atoms with van der Waals surface area (Å²) < 4.78 is 26.6. The van der Waals surface area contributed by atoms with Crippen LogP contribution in [0.3, 0.4) is 0 Å². The Morgan fingerprint density at radius 3 is 1.94 bits per heavy atom. The first-order valence-corrected chi connectivity index (χ1v) is 8.08. The van der Waals surface area contributed by atoms with E-state index in [1.165, 1.54) is 13.8 Å². The predicted molar refractivity (Wildman–Crippen MR) is 56.9 cm³/mol. The summed E-state index contributed by atoms with van der Waals surface area (Å²) in [5.41, 5.74) is 0. The molecule has 0 aromatic heterocycles. The fraction of sp³-hybridized carbons (Fsp3) is 0.500. The zero-order chi connectivity index (χ0) is 12.2. The minimum atomic E-state index is -2.97. The van der Waals surface area contributed by atoms with Crippen LogP contribution < -0.4 is 0 Å². The molecule has 0 saturated carbocycles. The Kier molecular flexibility index (Phi) is 4.75. The SMILES string of the molecule is CC(=O)[O][Al]([O]C(C)=O)[O]P1(=O)CC=CC1. The van der Waals surface area contributed by atoms with Crippen LogP contribution in [-0.4, -0.2) is 39.4 Å². The normalized spacial score (nSPS) is 16.9. The number of rotatable bonds is 4. The molecule has 6 nitrogen and oxygen atoms in total. The van der Waals surface area contributed by atoms with Gasteiger partial charge in [-0.2, -0.15) is 0 Å². The summed E-state index contributed by atoms with van der Waals surface area (Å²) in [5.74, 6) is -1.23. The van der Waals surface area contributed by atoms with Crippen LogP contribution in [0.25, 0.3) is 0 Å². The van der Waals surface area contributed by atoms with Crippen molar-refractivity contribution in [3.05, 3.63) is 12.2 Å². The van der Waals surface area contributed by atoms with Gasteiger partial charge in [0, 0.05) is 26.2 Å². The molecule has 0 unspecified atom stereocenters. The number of hydrogen-bond donors (Lipinski definition) is 0. The van der Waals surface area contributed by atoms with E-state index in [0.717, 1.165) is 0 Å². The van der Waals surface area contributed by atoms with Gasteiger partial charge >= 0.3 is 15.1 Å². The first-order chi connectivity index (χ1) is 7.41. The molecule has 8 heteroatoms. The van der Waals surface area contributed by atoms with E-state index < -0.39 is 34.5 Å². The fourth-order valence-corrected chi connectivity index (χ4v) is 5.09. The molecule has 0 N–H and O–H groups in total. The van der Waals surface area contributed by atoms with Gasteiger partial charge in [0.1, 0.15) is 0 Å². The van der Waals surface area contributed by atoms with Crippen molar-refractivity contribution in [2.24, 2.45) is 0 Å². The first kappa shape index (κ1) is 13.5. The number of carbonyl (C=O) groups excluding carboxylic acids is 2. The number of hydrogen-bond acceptors (Lipinski definition) is 6. The Morgan fingerprint density at radius 1 is 1.12 bits per heavy atom. The largest absolute Gasteiger partial charge is 1.11 e. The van der Waals surface area contributed by atoms with E-state index in [1.807, 2.05) is 0 Å². The maximum absolute atomic E-state index is 12.0. The Balaban J connectivity index is 2.58. The smallest absolute Gasteiger partial charge is 0.562 e. The van der Waals surface area contributed by atoms with Crippen LogP contribution >= 0.6 is 7.37 Å². The van der Waals surface area contributed by atoms with Crippen LogP contribution in [0.5, 0.6) is 0 Å².